The number of H-pyrrole nitrogens is 1. The minimum absolute atomic E-state index is 0.282. The van der Waals surface area contributed by atoms with E-state index in [0.29, 0.717) is 50.5 Å². The van der Waals surface area contributed by atoms with Crippen LogP contribution in [0, 0.1) is 17.5 Å². The largest absolute Gasteiger partial charge is 0.389 e. The van der Waals surface area contributed by atoms with Crippen molar-refractivity contribution < 1.29 is 28.2 Å². The summed E-state index contributed by atoms with van der Waals surface area (Å²) in [5.74, 6) is -4.64. The van der Waals surface area contributed by atoms with Gasteiger partial charge in [-0.15, -0.1) is 0 Å². The third-order valence-electron chi connectivity index (χ3n) is 8.07. The predicted octanol–water partition coefficient (Wildman–Crippen LogP) is 4.35. The minimum Gasteiger partial charge on any atom is -0.389 e. The van der Waals surface area contributed by atoms with Crippen molar-refractivity contribution in [2.75, 3.05) is 32.7 Å². The van der Waals surface area contributed by atoms with E-state index in [1.165, 1.54) is 23.2 Å². The first-order chi connectivity index (χ1) is 18.2. The number of aliphatic hydroxyl groups is 2. The lowest BCUT2D eigenvalue weighted by atomic mass is 9.84. The molecule has 0 amide bonds. The molecule has 0 saturated carbocycles. The fourth-order valence-corrected chi connectivity index (χ4v) is 5.63. The van der Waals surface area contributed by atoms with E-state index in [1.54, 1.807) is 0 Å². The SMILES string of the molecule is O=C(C=CN1CCC(O)(C(O)CN2CCC(c3c[nH]c4ccccc34)CC2)CC1)c1cc(F)c(F)c(F)c1. The Bertz CT molecular complexity index is 1300. The Morgan fingerprint density at radius 3 is 2.42 bits per heavy atom. The summed E-state index contributed by atoms with van der Waals surface area (Å²) in [6.07, 6.45) is 6.49. The average Bonchev–Trinajstić information content (AvgIpc) is 3.35. The van der Waals surface area contributed by atoms with Crippen molar-refractivity contribution in [3.05, 3.63) is 83.4 Å². The Hall–Kier alpha value is -3.14. The number of nitrogens with zero attached hydrogens (tertiary/aromatic N) is 2. The minimum atomic E-state index is -1.61. The van der Waals surface area contributed by atoms with E-state index in [0.717, 1.165) is 31.4 Å². The molecule has 0 bridgehead atoms. The van der Waals surface area contributed by atoms with Crippen LogP contribution >= 0.6 is 0 Å². The third kappa shape index (κ3) is 5.50. The molecule has 2 saturated heterocycles. The summed E-state index contributed by atoms with van der Waals surface area (Å²) in [7, 11) is 0. The molecular weight excluding hydrogens is 495 g/mol. The highest BCUT2D eigenvalue weighted by Crippen LogP contribution is 2.34. The monoisotopic (exact) mass is 527 g/mol. The topological polar surface area (TPSA) is 79.8 Å². The lowest BCUT2D eigenvalue weighted by Gasteiger charge is -2.43. The Labute approximate surface area is 219 Å². The zero-order chi connectivity index (χ0) is 26.9. The second-order valence-corrected chi connectivity index (χ2v) is 10.5. The van der Waals surface area contributed by atoms with Gasteiger partial charge in [-0.3, -0.25) is 4.79 Å². The van der Waals surface area contributed by atoms with Gasteiger partial charge in [0.05, 0.1) is 11.7 Å². The van der Waals surface area contributed by atoms with Gasteiger partial charge >= 0.3 is 0 Å². The number of β-amino-alcohol motifs (C(OH)–C–C–N with tert-alkyl or cyclic N) is 1. The Balaban J connectivity index is 1.10. The number of halogens is 3. The van der Waals surface area contributed by atoms with Crippen molar-refractivity contribution in [2.45, 2.75) is 43.3 Å². The molecule has 2 aliphatic heterocycles. The molecule has 38 heavy (non-hydrogen) atoms. The number of allylic oxidation sites excluding steroid dienone is 1. The third-order valence-corrected chi connectivity index (χ3v) is 8.07. The molecule has 0 aliphatic carbocycles. The van der Waals surface area contributed by atoms with E-state index in [9.17, 15) is 28.2 Å². The van der Waals surface area contributed by atoms with Crippen molar-refractivity contribution in [3.8, 4) is 0 Å². The molecule has 3 N–H and O–H groups in total. The number of rotatable bonds is 7. The average molecular weight is 528 g/mol. The number of piperidine rings is 2. The summed E-state index contributed by atoms with van der Waals surface area (Å²) < 4.78 is 39.9. The fraction of sp³-hybridized carbons (Fsp3) is 0.414. The van der Waals surface area contributed by atoms with Crippen LogP contribution in [-0.4, -0.2) is 75.2 Å². The van der Waals surface area contributed by atoms with E-state index < -0.39 is 34.9 Å². The maximum absolute atomic E-state index is 13.4. The molecule has 2 aromatic carbocycles. The first-order valence-corrected chi connectivity index (χ1v) is 13.0. The van der Waals surface area contributed by atoms with Crippen molar-refractivity contribution in [1.29, 1.82) is 0 Å². The van der Waals surface area contributed by atoms with Crippen LogP contribution < -0.4 is 0 Å². The van der Waals surface area contributed by atoms with Crippen molar-refractivity contribution in [3.63, 3.8) is 0 Å². The molecule has 5 rings (SSSR count). The molecule has 0 radical (unpaired) electrons. The smallest absolute Gasteiger partial charge is 0.194 e. The first-order valence-electron chi connectivity index (χ1n) is 13.0. The van der Waals surface area contributed by atoms with E-state index in [-0.39, 0.29) is 5.56 Å². The molecular formula is C29H32F3N3O3. The second kappa shape index (κ2) is 10.9. The van der Waals surface area contributed by atoms with Gasteiger partial charge in [0.15, 0.2) is 23.2 Å². The standard InChI is InChI=1S/C29H32F3N3O3/c30-23-15-20(16-24(31)28(23)32)26(36)7-12-34-13-8-29(38,9-14-34)27(37)18-35-10-5-19(6-11-35)22-17-33-25-4-2-1-3-21(22)25/h1-4,7,12,15-17,19,27,33,37-38H,5-6,8-11,13-14,18H2. The number of aromatic nitrogens is 1. The molecule has 3 heterocycles. The number of aliphatic hydroxyl groups excluding tert-OH is 1. The zero-order valence-electron chi connectivity index (χ0n) is 21.0. The van der Waals surface area contributed by atoms with Gasteiger partial charge < -0.3 is 25.0 Å². The lowest BCUT2D eigenvalue weighted by Crippen LogP contribution is -2.54. The summed E-state index contributed by atoms with van der Waals surface area (Å²) in [5.41, 5.74) is 0.972. The van der Waals surface area contributed by atoms with Crippen LogP contribution in [0.5, 0.6) is 0 Å². The van der Waals surface area contributed by atoms with Gasteiger partial charge in [-0.05, 0) is 68.5 Å². The maximum Gasteiger partial charge on any atom is 0.194 e. The number of para-hydroxylation sites is 1. The molecule has 0 spiro atoms. The first kappa shape index (κ1) is 26.5. The van der Waals surface area contributed by atoms with Crippen molar-refractivity contribution >= 4 is 16.7 Å². The Morgan fingerprint density at radius 1 is 1.08 bits per heavy atom. The summed E-state index contributed by atoms with van der Waals surface area (Å²) >= 11 is 0. The molecule has 2 aliphatic rings. The van der Waals surface area contributed by atoms with Crippen LogP contribution in [0.2, 0.25) is 0 Å². The van der Waals surface area contributed by atoms with Crippen LogP contribution in [0.1, 0.15) is 47.5 Å². The highest BCUT2D eigenvalue weighted by atomic mass is 19.2. The molecule has 2 fully saturated rings. The van der Waals surface area contributed by atoms with Gasteiger partial charge in [-0.1, -0.05) is 18.2 Å². The molecule has 9 heteroatoms. The number of hydrogen-bond donors (Lipinski definition) is 3. The van der Waals surface area contributed by atoms with Gasteiger partial charge in [-0.25, -0.2) is 13.2 Å². The second-order valence-electron chi connectivity index (χ2n) is 10.5. The van der Waals surface area contributed by atoms with Crippen molar-refractivity contribution in [1.82, 2.24) is 14.8 Å². The molecule has 3 aromatic rings. The normalized spacial score (nSPS) is 19.9. The van der Waals surface area contributed by atoms with Gasteiger partial charge in [0.2, 0.25) is 0 Å². The molecule has 202 valence electrons. The number of fused-ring (bicyclic) bond motifs is 1. The van der Waals surface area contributed by atoms with Crippen LogP contribution in [0.4, 0.5) is 13.2 Å². The predicted molar refractivity (Wildman–Crippen MR) is 138 cm³/mol. The van der Waals surface area contributed by atoms with Gasteiger partial charge in [0.1, 0.15) is 0 Å². The summed E-state index contributed by atoms with van der Waals surface area (Å²) in [4.78, 5) is 19.6. The summed E-state index contributed by atoms with van der Waals surface area (Å²) in [5, 5.41) is 23.3. The highest BCUT2D eigenvalue weighted by molar-refractivity contribution is 6.04. The number of benzene rings is 2. The number of hydrogen-bond acceptors (Lipinski definition) is 5. The molecule has 1 atom stereocenters. The molecule has 6 nitrogen and oxygen atoms in total. The number of likely N-dealkylation sites (tertiary alicyclic amines) is 2. The number of ketones is 1. The van der Waals surface area contributed by atoms with E-state index in [1.807, 2.05) is 11.0 Å². The number of carbonyl (C=O) groups excluding carboxylic acids is 1. The van der Waals surface area contributed by atoms with Crippen LogP contribution in [0.15, 0.2) is 54.9 Å². The fourth-order valence-electron chi connectivity index (χ4n) is 5.63. The number of carbonyl (C=O) groups is 1. The van der Waals surface area contributed by atoms with E-state index in [2.05, 4.69) is 34.3 Å². The van der Waals surface area contributed by atoms with Crippen LogP contribution in [0.3, 0.4) is 0 Å². The van der Waals surface area contributed by atoms with Gasteiger partial charge in [0.25, 0.3) is 0 Å². The van der Waals surface area contributed by atoms with E-state index >= 15 is 0 Å². The highest BCUT2D eigenvalue weighted by Gasteiger charge is 2.39. The van der Waals surface area contributed by atoms with Gasteiger partial charge in [0, 0.05) is 54.6 Å². The Morgan fingerprint density at radius 2 is 1.74 bits per heavy atom. The summed E-state index contributed by atoms with van der Waals surface area (Å²) in [6.45, 7) is 2.91. The maximum atomic E-state index is 13.4. The van der Waals surface area contributed by atoms with Crippen LogP contribution in [0.25, 0.3) is 10.9 Å². The molecule has 1 unspecified atom stereocenters. The Kier molecular flexibility index (Phi) is 7.61. The van der Waals surface area contributed by atoms with Crippen LogP contribution in [-0.2, 0) is 0 Å². The lowest BCUT2D eigenvalue weighted by molar-refractivity contribution is -0.114. The summed E-state index contributed by atoms with van der Waals surface area (Å²) in [6, 6.07) is 9.64. The zero-order valence-corrected chi connectivity index (χ0v) is 21.0. The quantitative estimate of drug-likeness (QED) is 0.242. The van der Waals surface area contributed by atoms with Gasteiger partial charge in [-0.2, -0.15) is 0 Å². The number of nitrogens with one attached hydrogen (secondary N) is 1. The number of aromatic amines is 1. The van der Waals surface area contributed by atoms with Crippen molar-refractivity contribution in [2.24, 2.45) is 0 Å². The van der Waals surface area contributed by atoms with E-state index in [4.69, 9.17) is 0 Å². The molecule has 1 aromatic heterocycles.